The maximum absolute atomic E-state index is 12.7. The van der Waals surface area contributed by atoms with E-state index >= 15 is 0 Å². The summed E-state index contributed by atoms with van der Waals surface area (Å²) >= 11 is 0. The molecule has 1 fully saturated rings. The van der Waals surface area contributed by atoms with Crippen LogP contribution in [0.4, 0.5) is 0 Å². The number of hydrogen-bond donors (Lipinski definition) is 1. The molecule has 1 aromatic carbocycles. The molecule has 2 heterocycles. The lowest BCUT2D eigenvalue weighted by Crippen LogP contribution is -2.39. The molecule has 0 bridgehead atoms. The number of ether oxygens (including phenoxy) is 1. The van der Waals surface area contributed by atoms with Crippen LogP contribution < -0.4 is 9.46 Å². The number of nitrogens with one attached hydrogen (secondary N) is 1. The summed E-state index contributed by atoms with van der Waals surface area (Å²) in [4.78, 5) is 2.63. The number of benzene rings is 1. The summed E-state index contributed by atoms with van der Waals surface area (Å²) in [5.41, 5.74) is 2.04. The Morgan fingerprint density at radius 2 is 2.00 bits per heavy atom. The SMILES string of the molecule is COc1ccc(S(=O)(=O)NC2CCc3onc(CN4CCCC4)c3C2)cc1. The Kier molecular flexibility index (Phi) is 5.21. The van der Waals surface area contributed by atoms with Crippen LogP contribution in [0.2, 0.25) is 0 Å². The molecular weight excluding hydrogens is 366 g/mol. The molecule has 2 aromatic rings. The molecular formula is C19H25N3O4S. The van der Waals surface area contributed by atoms with Gasteiger partial charge < -0.3 is 9.26 Å². The highest BCUT2D eigenvalue weighted by molar-refractivity contribution is 7.89. The number of aryl methyl sites for hydroxylation is 1. The summed E-state index contributed by atoms with van der Waals surface area (Å²) in [7, 11) is -2.02. The van der Waals surface area contributed by atoms with Crippen molar-refractivity contribution in [1.29, 1.82) is 0 Å². The Bertz CT molecular complexity index is 886. The van der Waals surface area contributed by atoms with Crippen molar-refractivity contribution in [2.45, 2.75) is 49.6 Å². The molecule has 8 heteroatoms. The highest BCUT2D eigenvalue weighted by Crippen LogP contribution is 2.27. The number of aromatic nitrogens is 1. The van der Waals surface area contributed by atoms with Gasteiger partial charge in [0.25, 0.3) is 0 Å². The predicted molar refractivity (Wildman–Crippen MR) is 100 cm³/mol. The van der Waals surface area contributed by atoms with Crippen molar-refractivity contribution in [1.82, 2.24) is 14.8 Å². The van der Waals surface area contributed by atoms with Crippen LogP contribution in [-0.4, -0.2) is 44.7 Å². The molecule has 0 radical (unpaired) electrons. The Hall–Kier alpha value is -1.90. The highest BCUT2D eigenvalue weighted by atomic mass is 32.2. The van der Waals surface area contributed by atoms with Crippen molar-refractivity contribution in [3.05, 3.63) is 41.3 Å². The van der Waals surface area contributed by atoms with Crippen molar-refractivity contribution >= 4 is 10.0 Å². The van der Waals surface area contributed by atoms with Gasteiger partial charge in [-0.05, 0) is 63.0 Å². The third-order valence-electron chi connectivity index (χ3n) is 5.38. The fourth-order valence-corrected chi connectivity index (χ4v) is 5.15. The zero-order chi connectivity index (χ0) is 18.9. The molecule has 0 amide bonds. The first-order chi connectivity index (χ1) is 13.0. The van der Waals surface area contributed by atoms with Gasteiger partial charge in [-0.3, -0.25) is 4.90 Å². The van der Waals surface area contributed by atoms with Crippen molar-refractivity contribution in [3.8, 4) is 5.75 Å². The maximum Gasteiger partial charge on any atom is 0.240 e. The second-order valence-corrected chi connectivity index (χ2v) is 8.96. The van der Waals surface area contributed by atoms with Crippen LogP contribution in [0.15, 0.2) is 33.7 Å². The summed E-state index contributed by atoms with van der Waals surface area (Å²) in [5, 5.41) is 4.26. The number of hydrogen-bond acceptors (Lipinski definition) is 6. The van der Waals surface area contributed by atoms with Crippen molar-refractivity contribution < 1.29 is 17.7 Å². The lowest BCUT2D eigenvalue weighted by molar-refractivity contribution is 0.310. The second-order valence-electron chi connectivity index (χ2n) is 7.25. The van der Waals surface area contributed by atoms with Gasteiger partial charge >= 0.3 is 0 Å². The van der Waals surface area contributed by atoms with E-state index in [9.17, 15) is 8.42 Å². The van der Waals surface area contributed by atoms with E-state index in [1.54, 1.807) is 31.4 Å². The largest absolute Gasteiger partial charge is 0.497 e. The van der Waals surface area contributed by atoms with Gasteiger partial charge in [-0.2, -0.15) is 0 Å². The first-order valence-corrected chi connectivity index (χ1v) is 10.9. The van der Waals surface area contributed by atoms with E-state index in [2.05, 4.69) is 14.8 Å². The van der Waals surface area contributed by atoms with E-state index < -0.39 is 10.0 Å². The standard InChI is InChI=1S/C19H25N3O4S/c1-25-15-5-7-16(8-6-15)27(23,24)21-14-4-9-19-17(12-14)18(20-26-19)13-22-10-2-3-11-22/h5-8,14,21H,2-4,9-13H2,1H3. The lowest BCUT2D eigenvalue weighted by atomic mass is 9.92. The molecule has 1 N–H and O–H groups in total. The molecule has 27 heavy (non-hydrogen) atoms. The molecule has 4 rings (SSSR count). The van der Waals surface area contributed by atoms with E-state index in [1.807, 2.05) is 0 Å². The van der Waals surface area contributed by atoms with E-state index in [0.717, 1.165) is 36.7 Å². The van der Waals surface area contributed by atoms with Crippen LogP contribution in [0.25, 0.3) is 0 Å². The van der Waals surface area contributed by atoms with Gasteiger partial charge in [-0.25, -0.2) is 13.1 Å². The van der Waals surface area contributed by atoms with Gasteiger partial charge in [-0.1, -0.05) is 5.16 Å². The second kappa shape index (κ2) is 7.61. The highest BCUT2D eigenvalue weighted by Gasteiger charge is 2.29. The number of sulfonamides is 1. The molecule has 7 nitrogen and oxygen atoms in total. The summed E-state index contributed by atoms with van der Waals surface area (Å²) in [6.45, 7) is 2.97. The Labute approximate surface area is 159 Å². The zero-order valence-electron chi connectivity index (χ0n) is 15.5. The zero-order valence-corrected chi connectivity index (χ0v) is 16.3. The van der Waals surface area contributed by atoms with Crippen LogP contribution in [0.5, 0.6) is 5.75 Å². The van der Waals surface area contributed by atoms with Gasteiger partial charge in [0.2, 0.25) is 10.0 Å². The Balaban J connectivity index is 1.46. The molecule has 1 aliphatic carbocycles. The third-order valence-corrected chi connectivity index (χ3v) is 6.92. The first-order valence-electron chi connectivity index (χ1n) is 9.40. The molecule has 2 aliphatic rings. The summed E-state index contributed by atoms with van der Waals surface area (Å²) in [6.07, 6.45) is 4.49. The summed E-state index contributed by atoms with van der Waals surface area (Å²) in [5.74, 6) is 1.54. The fraction of sp³-hybridized carbons (Fsp3) is 0.526. The minimum atomic E-state index is -3.57. The molecule has 0 spiro atoms. The molecule has 146 valence electrons. The van der Waals surface area contributed by atoms with E-state index in [-0.39, 0.29) is 10.9 Å². The van der Waals surface area contributed by atoms with Crippen molar-refractivity contribution in [2.24, 2.45) is 0 Å². The monoisotopic (exact) mass is 391 g/mol. The topological polar surface area (TPSA) is 84.7 Å². The van der Waals surface area contributed by atoms with E-state index in [0.29, 0.717) is 25.0 Å². The van der Waals surface area contributed by atoms with Crippen LogP contribution in [0, 0.1) is 0 Å². The van der Waals surface area contributed by atoms with Crippen LogP contribution in [0.1, 0.15) is 36.3 Å². The Morgan fingerprint density at radius 1 is 1.26 bits per heavy atom. The molecule has 1 atom stereocenters. The molecule has 1 unspecified atom stereocenters. The lowest BCUT2D eigenvalue weighted by Gasteiger charge is -2.23. The molecule has 0 saturated carbocycles. The average molecular weight is 391 g/mol. The van der Waals surface area contributed by atoms with Crippen LogP contribution >= 0.6 is 0 Å². The smallest absolute Gasteiger partial charge is 0.240 e. The van der Waals surface area contributed by atoms with Crippen LogP contribution in [0.3, 0.4) is 0 Å². The number of nitrogens with zero attached hydrogens (tertiary/aromatic N) is 2. The molecule has 1 aromatic heterocycles. The van der Waals surface area contributed by atoms with E-state index in [1.165, 1.54) is 12.8 Å². The van der Waals surface area contributed by atoms with Crippen LogP contribution in [-0.2, 0) is 29.4 Å². The fourth-order valence-electron chi connectivity index (χ4n) is 3.88. The van der Waals surface area contributed by atoms with Crippen molar-refractivity contribution in [3.63, 3.8) is 0 Å². The van der Waals surface area contributed by atoms with Gasteiger partial charge in [0.05, 0.1) is 12.0 Å². The number of fused-ring (bicyclic) bond motifs is 1. The summed E-state index contributed by atoms with van der Waals surface area (Å²) < 4.78 is 38.9. The maximum atomic E-state index is 12.7. The summed E-state index contributed by atoms with van der Waals surface area (Å²) in [6, 6.07) is 6.28. The first kappa shape index (κ1) is 18.5. The predicted octanol–water partition coefficient (Wildman–Crippen LogP) is 2.11. The quantitative estimate of drug-likeness (QED) is 0.812. The third kappa shape index (κ3) is 4.02. The Morgan fingerprint density at radius 3 is 2.70 bits per heavy atom. The molecule has 1 aliphatic heterocycles. The number of rotatable bonds is 6. The number of methoxy groups -OCH3 is 1. The van der Waals surface area contributed by atoms with Gasteiger partial charge in [-0.15, -0.1) is 0 Å². The van der Waals surface area contributed by atoms with Gasteiger partial charge in [0, 0.05) is 24.6 Å². The van der Waals surface area contributed by atoms with Gasteiger partial charge in [0.1, 0.15) is 17.2 Å². The van der Waals surface area contributed by atoms with Gasteiger partial charge in [0.15, 0.2) is 0 Å². The normalized spacial score (nSPS) is 20.6. The minimum absolute atomic E-state index is 0.152. The molecule has 1 saturated heterocycles. The average Bonchev–Trinajstić information content (AvgIpc) is 3.32. The van der Waals surface area contributed by atoms with E-state index in [4.69, 9.17) is 9.26 Å². The number of likely N-dealkylation sites (tertiary alicyclic amines) is 1. The van der Waals surface area contributed by atoms with Crippen molar-refractivity contribution in [2.75, 3.05) is 20.2 Å². The minimum Gasteiger partial charge on any atom is -0.497 e.